The van der Waals surface area contributed by atoms with Gasteiger partial charge in [-0.15, -0.1) is 10.2 Å². The first kappa shape index (κ1) is 20.5. The van der Waals surface area contributed by atoms with E-state index in [-0.39, 0.29) is 12.0 Å². The minimum absolute atomic E-state index is 0.145. The molecule has 4 aromatic rings. The first-order chi connectivity index (χ1) is 15.2. The van der Waals surface area contributed by atoms with Gasteiger partial charge in [0.15, 0.2) is 14.8 Å². The molecule has 0 amide bonds. The molecule has 5 rings (SSSR count). The fraction of sp³-hybridized carbons (Fsp3) is 0.381. The number of thioether (sulfide) groups is 1. The summed E-state index contributed by atoms with van der Waals surface area (Å²) in [5.74, 6) is 1.94. The van der Waals surface area contributed by atoms with Crippen LogP contribution in [0.5, 0.6) is 5.75 Å². The van der Waals surface area contributed by atoms with Gasteiger partial charge >= 0.3 is 0 Å². The molecule has 4 heterocycles. The summed E-state index contributed by atoms with van der Waals surface area (Å²) in [5.41, 5.74) is 0.903. The van der Waals surface area contributed by atoms with Crippen molar-refractivity contribution in [2.24, 2.45) is 0 Å². The van der Waals surface area contributed by atoms with Crippen LogP contribution in [0.2, 0.25) is 0 Å². The number of morpholine rings is 1. The quantitative estimate of drug-likeness (QED) is 0.384. The Morgan fingerprint density at radius 2 is 2.10 bits per heavy atom. The molecule has 0 radical (unpaired) electrons. The molecule has 0 bridgehead atoms. The van der Waals surface area contributed by atoms with E-state index >= 15 is 0 Å². The highest BCUT2D eigenvalue weighted by Gasteiger charge is 2.17. The van der Waals surface area contributed by atoms with Gasteiger partial charge in [-0.1, -0.05) is 23.1 Å². The predicted molar refractivity (Wildman–Crippen MR) is 119 cm³/mol. The Labute approximate surface area is 186 Å². The van der Waals surface area contributed by atoms with Gasteiger partial charge < -0.3 is 18.3 Å². The number of hydrogen-bond donors (Lipinski definition) is 0. The van der Waals surface area contributed by atoms with Gasteiger partial charge in [0.05, 0.1) is 24.9 Å². The average molecular weight is 460 g/mol. The second kappa shape index (κ2) is 8.99. The lowest BCUT2D eigenvalue weighted by atomic mass is 10.1. The summed E-state index contributed by atoms with van der Waals surface area (Å²) in [5, 5.41) is 10.4. The number of aryl methyl sites for hydroxylation is 1. The standard InChI is InChI=1S/C21H21N3O5S2/c1-13-10-15(25)19-17(29-13)11-16-14(2-6-27-16)20(19)28-12-18-22-23-21(31-18)30-9-5-24-3-7-26-8-4-24/h2,6,10-11H,3-5,7-9,12H2,1H3. The summed E-state index contributed by atoms with van der Waals surface area (Å²) >= 11 is 3.20. The van der Waals surface area contributed by atoms with E-state index in [1.54, 1.807) is 37.1 Å². The molecule has 31 heavy (non-hydrogen) atoms. The van der Waals surface area contributed by atoms with Crippen LogP contribution in [0.15, 0.2) is 42.4 Å². The number of ether oxygens (including phenoxy) is 2. The van der Waals surface area contributed by atoms with Crippen molar-refractivity contribution in [2.75, 3.05) is 38.6 Å². The highest BCUT2D eigenvalue weighted by Crippen LogP contribution is 2.35. The van der Waals surface area contributed by atoms with Crippen molar-refractivity contribution in [3.05, 3.63) is 45.5 Å². The van der Waals surface area contributed by atoms with Crippen LogP contribution < -0.4 is 10.2 Å². The lowest BCUT2D eigenvalue weighted by Crippen LogP contribution is -2.37. The van der Waals surface area contributed by atoms with Gasteiger partial charge in [0.1, 0.15) is 34.7 Å². The number of aromatic nitrogens is 2. The van der Waals surface area contributed by atoms with Crippen molar-refractivity contribution in [1.82, 2.24) is 15.1 Å². The van der Waals surface area contributed by atoms with Crippen molar-refractivity contribution < 1.29 is 18.3 Å². The molecule has 1 aliphatic rings. The Hall–Kier alpha value is -2.40. The highest BCUT2D eigenvalue weighted by atomic mass is 32.2. The van der Waals surface area contributed by atoms with Gasteiger partial charge in [0, 0.05) is 37.5 Å². The molecule has 8 nitrogen and oxygen atoms in total. The third-order valence-electron chi connectivity index (χ3n) is 5.05. The zero-order valence-electron chi connectivity index (χ0n) is 17.0. The third-order valence-corrected chi connectivity index (χ3v) is 7.06. The monoisotopic (exact) mass is 459 g/mol. The van der Waals surface area contributed by atoms with Crippen LogP contribution in [0.25, 0.3) is 21.9 Å². The molecule has 1 aliphatic heterocycles. The Morgan fingerprint density at radius 3 is 2.97 bits per heavy atom. The summed E-state index contributed by atoms with van der Waals surface area (Å²) in [6.45, 7) is 6.54. The molecular formula is C21H21N3O5S2. The molecule has 1 aromatic carbocycles. The summed E-state index contributed by atoms with van der Waals surface area (Å²) < 4.78 is 23.6. The molecule has 162 valence electrons. The molecule has 0 atom stereocenters. The zero-order valence-corrected chi connectivity index (χ0v) is 18.6. The molecule has 3 aromatic heterocycles. The zero-order chi connectivity index (χ0) is 21.2. The minimum atomic E-state index is -0.145. The molecule has 1 saturated heterocycles. The van der Waals surface area contributed by atoms with E-state index in [1.165, 1.54) is 17.4 Å². The maximum atomic E-state index is 12.6. The second-order valence-electron chi connectivity index (χ2n) is 7.19. The summed E-state index contributed by atoms with van der Waals surface area (Å²) in [4.78, 5) is 15.0. The van der Waals surface area contributed by atoms with Crippen molar-refractivity contribution in [1.29, 1.82) is 0 Å². The van der Waals surface area contributed by atoms with E-state index in [9.17, 15) is 4.79 Å². The highest BCUT2D eigenvalue weighted by molar-refractivity contribution is 8.01. The lowest BCUT2D eigenvalue weighted by Gasteiger charge is -2.25. The van der Waals surface area contributed by atoms with Crippen molar-refractivity contribution >= 4 is 45.0 Å². The predicted octanol–water partition coefficient (Wildman–Crippen LogP) is 3.70. The summed E-state index contributed by atoms with van der Waals surface area (Å²) in [6, 6.07) is 4.98. The number of hydrogen-bond acceptors (Lipinski definition) is 10. The van der Waals surface area contributed by atoms with Crippen molar-refractivity contribution in [3.63, 3.8) is 0 Å². The Bertz CT molecular complexity index is 1260. The van der Waals surface area contributed by atoms with E-state index in [0.717, 1.165) is 53.3 Å². The van der Waals surface area contributed by atoms with E-state index in [4.69, 9.17) is 18.3 Å². The Balaban J connectivity index is 1.30. The van der Waals surface area contributed by atoms with Gasteiger partial charge in [-0.25, -0.2) is 0 Å². The number of nitrogens with zero attached hydrogens (tertiary/aromatic N) is 3. The van der Waals surface area contributed by atoms with Gasteiger partial charge in [-0.3, -0.25) is 9.69 Å². The molecule has 0 N–H and O–H groups in total. The summed E-state index contributed by atoms with van der Waals surface area (Å²) in [7, 11) is 0. The van der Waals surface area contributed by atoms with E-state index in [1.807, 2.05) is 0 Å². The van der Waals surface area contributed by atoms with Crippen LogP contribution in [0.3, 0.4) is 0 Å². The van der Waals surface area contributed by atoms with Crippen LogP contribution in [0.4, 0.5) is 0 Å². The Morgan fingerprint density at radius 1 is 1.23 bits per heavy atom. The molecule has 0 unspecified atom stereocenters. The van der Waals surface area contributed by atoms with E-state index in [2.05, 4.69) is 15.1 Å². The molecule has 0 spiro atoms. The second-order valence-corrected chi connectivity index (χ2v) is 9.59. The van der Waals surface area contributed by atoms with Gasteiger partial charge in [-0.05, 0) is 13.0 Å². The molecule has 10 heteroatoms. The molecular weight excluding hydrogens is 438 g/mol. The minimum Gasteiger partial charge on any atom is -0.485 e. The van der Waals surface area contributed by atoms with Gasteiger partial charge in [-0.2, -0.15) is 0 Å². The smallest absolute Gasteiger partial charge is 0.196 e. The topological polar surface area (TPSA) is 90.8 Å². The SMILES string of the molecule is Cc1cc(=O)c2c(OCc3nnc(SCCN4CCOCC4)s3)c3ccoc3cc2o1. The fourth-order valence-corrected chi connectivity index (χ4v) is 5.44. The van der Waals surface area contributed by atoms with E-state index < -0.39 is 0 Å². The Kier molecular flexibility index (Phi) is 5.95. The number of benzene rings is 1. The summed E-state index contributed by atoms with van der Waals surface area (Å²) in [6.07, 6.45) is 1.57. The molecule has 0 saturated carbocycles. The van der Waals surface area contributed by atoms with E-state index in [0.29, 0.717) is 28.1 Å². The first-order valence-corrected chi connectivity index (χ1v) is 11.8. The van der Waals surface area contributed by atoms with Crippen LogP contribution in [-0.2, 0) is 11.3 Å². The van der Waals surface area contributed by atoms with Crippen LogP contribution in [-0.4, -0.2) is 53.7 Å². The van der Waals surface area contributed by atoms with Crippen molar-refractivity contribution in [3.8, 4) is 5.75 Å². The van der Waals surface area contributed by atoms with Crippen LogP contribution in [0, 0.1) is 6.92 Å². The largest absolute Gasteiger partial charge is 0.485 e. The van der Waals surface area contributed by atoms with Crippen LogP contribution >= 0.6 is 23.1 Å². The van der Waals surface area contributed by atoms with Crippen LogP contribution in [0.1, 0.15) is 10.8 Å². The first-order valence-electron chi connectivity index (χ1n) is 10.00. The van der Waals surface area contributed by atoms with Gasteiger partial charge in [0.25, 0.3) is 0 Å². The maximum Gasteiger partial charge on any atom is 0.196 e. The molecule has 0 aliphatic carbocycles. The normalized spacial score (nSPS) is 15.1. The number of fused-ring (bicyclic) bond motifs is 2. The average Bonchev–Trinajstić information content (AvgIpc) is 3.41. The maximum absolute atomic E-state index is 12.6. The number of rotatable bonds is 7. The van der Waals surface area contributed by atoms with Crippen molar-refractivity contribution in [2.45, 2.75) is 17.9 Å². The molecule has 1 fully saturated rings. The van der Waals surface area contributed by atoms with Gasteiger partial charge in [0.2, 0.25) is 0 Å². The fourth-order valence-electron chi connectivity index (χ4n) is 3.56. The third kappa shape index (κ3) is 4.47. The lowest BCUT2D eigenvalue weighted by molar-refractivity contribution is 0.0410. The number of furan rings is 1.